The molecule has 0 saturated carbocycles. The molecule has 0 radical (unpaired) electrons. The van der Waals surface area contributed by atoms with Gasteiger partial charge in [-0.15, -0.1) is 0 Å². The zero-order chi connectivity index (χ0) is 20.9. The number of ether oxygens (including phenoxy) is 1. The van der Waals surface area contributed by atoms with Crippen LogP contribution in [0.2, 0.25) is 0 Å². The van der Waals surface area contributed by atoms with Gasteiger partial charge in [0.2, 0.25) is 0 Å². The van der Waals surface area contributed by atoms with Crippen LogP contribution in [0.3, 0.4) is 0 Å². The minimum Gasteiger partial charge on any atom is -0.490 e. The van der Waals surface area contributed by atoms with Gasteiger partial charge >= 0.3 is 0 Å². The third-order valence-electron chi connectivity index (χ3n) is 5.86. The summed E-state index contributed by atoms with van der Waals surface area (Å²) in [7, 11) is 0. The van der Waals surface area contributed by atoms with E-state index in [4.69, 9.17) is 4.74 Å². The maximum atomic E-state index is 13.4. The van der Waals surface area contributed by atoms with Crippen molar-refractivity contribution in [2.24, 2.45) is 0 Å². The Balaban J connectivity index is 1.65. The maximum absolute atomic E-state index is 13.4. The number of rotatable bonds is 7. The molecule has 0 spiro atoms. The fraction of sp³-hybridized carbons (Fsp3) is 0.462. The van der Waals surface area contributed by atoms with Crippen molar-refractivity contribution in [3.05, 3.63) is 77.6 Å². The highest BCUT2D eigenvalue weighted by Gasteiger charge is 2.30. The number of likely N-dealkylation sites (tertiary alicyclic amines) is 1. The van der Waals surface area contributed by atoms with E-state index in [1.54, 1.807) is 12.1 Å². The zero-order valence-electron chi connectivity index (χ0n) is 18.2. The summed E-state index contributed by atoms with van der Waals surface area (Å²) in [6, 6.07) is 17.5. The first-order valence-corrected chi connectivity index (χ1v) is 10.7. The lowest BCUT2D eigenvalue weighted by Gasteiger charge is -2.40. The molecule has 1 saturated heterocycles. The van der Waals surface area contributed by atoms with Gasteiger partial charge in [0, 0.05) is 19.1 Å². The fourth-order valence-electron chi connectivity index (χ4n) is 4.24. The van der Waals surface area contributed by atoms with Crippen molar-refractivity contribution in [2.45, 2.75) is 64.5 Å². The lowest BCUT2D eigenvalue weighted by atomic mass is 9.78. The molecule has 29 heavy (non-hydrogen) atoms. The zero-order valence-corrected chi connectivity index (χ0v) is 18.2. The van der Waals surface area contributed by atoms with E-state index in [0.29, 0.717) is 6.04 Å². The van der Waals surface area contributed by atoms with E-state index >= 15 is 0 Å². The Bertz CT molecular complexity index is 785. The van der Waals surface area contributed by atoms with Crippen molar-refractivity contribution in [1.29, 1.82) is 0 Å². The van der Waals surface area contributed by atoms with Crippen LogP contribution in [0.4, 0.5) is 4.39 Å². The van der Waals surface area contributed by atoms with Crippen LogP contribution in [0.25, 0.3) is 0 Å². The summed E-state index contributed by atoms with van der Waals surface area (Å²) in [5, 5.41) is 0. The molecule has 1 atom stereocenters. The average Bonchev–Trinajstić information content (AvgIpc) is 2.69. The van der Waals surface area contributed by atoms with Crippen LogP contribution in [0, 0.1) is 5.82 Å². The molecule has 3 rings (SSSR count). The molecule has 0 bridgehead atoms. The highest BCUT2D eigenvalue weighted by Crippen LogP contribution is 2.32. The van der Waals surface area contributed by atoms with Gasteiger partial charge in [-0.1, -0.05) is 55.8 Å². The second kappa shape index (κ2) is 9.58. The first kappa shape index (κ1) is 21.6. The summed E-state index contributed by atoms with van der Waals surface area (Å²) in [6.45, 7) is 10.9. The number of allylic oxidation sites excluding steroid dienone is 1. The molecule has 3 heteroatoms. The van der Waals surface area contributed by atoms with Crippen molar-refractivity contribution in [2.75, 3.05) is 13.1 Å². The summed E-state index contributed by atoms with van der Waals surface area (Å²) in [6.07, 6.45) is 5.77. The molecule has 1 fully saturated rings. The van der Waals surface area contributed by atoms with E-state index in [0.717, 1.165) is 38.1 Å². The number of piperidine rings is 1. The largest absolute Gasteiger partial charge is 0.490 e. The Morgan fingerprint density at radius 3 is 2.28 bits per heavy atom. The third kappa shape index (κ3) is 6.17. The number of para-hydroxylation sites is 1. The summed E-state index contributed by atoms with van der Waals surface area (Å²) in [5.41, 5.74) is 2.50. The number of halogens is 1. The van der Waals surface area contributed by atoms with Crippen molar-refractivity contribution in [3.63, 3.8) is 0 Å². The molecule has 1 unspecified atom stereocenters. The smallest absolute Gasteiger partial charge is 0.123 e. The molecular weight excluding hydrogens is 361 g/mol. The molecule has 156 valence electrons. The van der Waals surface area contributed by atoms with E-state index < -0.39 is 0 Å². The Labute approximate surface area is 175 Å². The van der Waals surface area contributed by atoms with E-state index in [9.17, 15) is 4.39 Å². The second-order valence-corrected chi connectivity index (χ2v) is 9.07. The molecule has 2 nitrogen and oxygen atoms in total. The number of nitrogens with zero attached hydrogens (tertiary/aromatic N) is 1. The van der Waals surface area contributed by atoms with Crippen molar-refractivity contribution in [3.8, 4) is 5.75 Å². The van der Waals surface area contributed by atoms with Crippen LogP contribution >= 0.6 is 0 Å². The van der Waals surface area contributed by atoms with Gasteiger partial charge in [-0.05, 0) is 68.4 Å². The SMILES string of the molecule is CC(C)=CC(CC(C)(C)c1ccc(F)cc1)N1CCC(Oc2ccccc2)CC1. The van der Waals surface area contributed by atoms with Gasteiger partial charge in [0.05, 0.1) is 0 Å². The van der Waals surface area contributed by atoms with Gasteiger partial charge in [0.25, 0.3) is 0 Å². The monoisotopic (exact) mass is 395 g/mol. The molecule has 2 aromatic carbocycles. The topological polar surface area (TPSA) is 12.5 Å². The molecular formula is C26H34FNO. The maximum Gasteiger partial charge on any atom is 0.123 e. The number of hydrogen-bond donors (Lipinski definition) is 0. The van der Waals surface area contributed by atoms with Crippen LogP contribution in [0.1, 0.15) is 52.5 Å². The third-order valence-corrected chi connectivity index (χ3v) is 5.86. The fourth-order valence-corrected chi connectivity index (χ4v) is 4.24. The predicted molar refractivity (Wildman–Crippen MR) is 119 cm³/mol. The van der Waals surface area contributed by atoms with E-state index in [2.05, 4.69) is 38.7 Å². The lowest BCUT2D eigenvalue weighted by Crippen LogP contribution is -2.45. The van der Waals surface area contributed by atoms with Crippen molar-refractivity contribution >= 4 is 0 Å². The predicted octanol–water partition coefficient (Wildman–Crippen LogP) is 6.37. The Morgan fingerprint density at radius 2 is 1.69 bits per heavy atom. The minimum absolute atomic E-state index is 0.0261. The molecule has 0 aromatic heterocycles. The van der Waals surface area contributed by atoms with Crippen LogP contribution in [0.5, 0.6) is 5.75 Å². The van der Waals surface area contributed by atoms with E-state index in [1.165, 1.54) is 11.1 Å². The molecule has 0 amide bonds. The van der Waals surface area contributed by atoms with Gasteiger partial charge in [-0.2, -0.15) is 0 Å². The first-order chi connectivity index (χ1) is 13.8. The Morgan fingerprint density at radius 1 is 1.07 bits per heavy atom. The van der Waals surface area contributed by atoms with Crippen molar-refractivity contribution in [1.82, 2.24) is 4.90 Å². The molecule has 0 N–H and O–H groups in total. The molecule has 1 heterocycles. The normalized spacial score (nSPS) is 17.0. The summed E-state index contributed by atoms with van der Waals surface area (Å²) in [4.78, 5) is 2.59. The summed E-state index contributed by atoms with van der Waals surface area (Å²) < 4.78 is 19.5. The van der Waals surface area contributed by atoms with Crippen LogP contribution in [0.15, 0.2) is 66.2 Å². The standard InChI is InChI=1S/C26H34FNO/c1-20(2)18-23(19-26(3,4)21-10-12-22(27)13-11-21)28-16-14-25(15-17-28)29-24-8-6-5-7-9-24/h5-13,18,23,25H,14-17,19H2,1-4H3. The van der Waals surface area contributed by atoms with Crippen LogP contribution in [-0.4, -0.2) is 30.1 Å². The van der Waals surface area contributed by atoms with Crippen LogP contribution < -0.4 is 4.74 Å². The minimum atomic E-state index is -0.175. The van der Waals surface area contributed by atoms with Crippen molar-refractivity contribution < 1.29 is 9.13 Å². The number of benzene rings is 2. The highest BCUT2D eigenvalue weighted by molar-refractivity contribution is 5.25. The van der Waals surface area contributed by atoms with Gasteiger partial charge in [0.15, 0.2) is 0 Å². The van der Waals surface area contributed by atoms with Gasteiger partial charge in [-0.3, -0.25) is 4.90 Å². The summed E-state index contributed by atoms with van der Waals surface area (Å²) >= 11 is 0. The van der Waals surface area contributed by atoms with Gasteiger partial charge < -0.3 is 4.74 Å². The second-order valence-electron chi connectivity index (χ2n) is 9.07. The number of hydrogen-bond acceptors (Lipinski definition) is 2. The average molecular weight is 396 g/mol. The lowest BCUT2D eigenvalue weighted by molar-refractivity contribution is 0.0792. The highest BCUT2D eigenvalue weighted by atomic mass is 19.1. The molecule has 0 aliphatic carbocycles. The van der Waals surface area contributed by atoms with E-state index in [-0.39, 0.29) is 17.3 Å². The molecule has 1 aliphatic rings. The Kier molecular flexibility index (Phi) is 7.13. The molecule has 1 aliphatic heterocycles. The summed E-state index contributed by atoms with van der Waals surface area (Å²) in [5.74, 6) is 0.787. The first-order valence-electron chi connectivity index (χ1n) is 10.7. The van der Waals surface area contributed by atoms with Gasteiger partial charge in [0.1, 0.15) is 17.7 Å². The van der Waals surface area contributed by atoms with E-state index in [1.807, 2.05) is 42.5 Å². The quantitative estimate of drug-likeness (QED) is 0.505. The van der Waals surface area contributed by atoms with Gasteiger partial charge in [-0.25, -0.2) is 4.39 Å². The molecule has 2 aromatic rings. The van der Waals surface area contributed by atoms with Crippen LogP contribution in [-0.2, 0) is 5.41 Å². The Hall–Kier alpha value is -2.13.